The molecule has 0 saturated carbocycles. The van der Waals surface area contributed by atoms with E-state index in [0.29, 0.717) is 44.2 Å². The summed E-state index contributed by atoms with van der Waals surface area (Å²) in [5.74, 6) is 0.282. The molecule has 0 spiro atoms. The van der Waals surface area contributed by atoms with E-state index < -0.39 is 11.8 Å². The summed E-state index contributed by atoms with van der Waals surface area (Å²) in [4.78, 5) is 10.8. The summed E-state index contributed by atoms with van der Waals surface area (Å²) in [6.45, 7) is 11.0. The fourth-order valence-corrected chi connectivity index (χ4v) is 4.32. The zero-order valence-corrected chi connectivity index (χ0v) is 24.0. The van der Waals surface area contributed by atoms with Crippen LogP contribution >= 0.6 is 12.4 Å². The predicted octanol–water partition coefficient (Wildman–Crippen LogP) is 7.36. The van der Waals surface area contributed by atoms with E-state index in [0.717, 1.165) is 45.7 Å². The summed E-state index contributed by atoms with van der Waals surface area (Å²) >= 11 is 0. The minimum Gasteiger partial charge on any atom is -0.493 e. The van der Waals surface area contributed by atoms with Gasteiger partial charge in [0.05, 0.1) is 13.2 Å². The SMILES string of the molecule is CCCOc1ccc(CNc2ccc(CCC(=O)O)c(F)c2)cc1-c1c(C)cc(OCCOCC)cc1C.Cl. The molecule has 0 saturated heterocycles. The second-order valence-electron chi connectivity index (χ2n) is 9.21. The van der Waals surface area contributed by atoms with Gasteiger partial charge in [-0.3, -0.25) is 4.79 Å². The van der Waals surface area contributed by atoms with Gasteiger partial charge in [0.2, 0.25) is 0 Å². The molecule has 0 aliphatic carbocycles. The van der Waals surface area contributed by atoms with Crippen molar-refractivity contribution in [3.63, 3.8) is 0 Å². The number of carboxylic acids is 1. The van der Waals surface area contributed by atoms with Crippen molar-refractivity contribution in [2.75, 3.05) is 31.7 Å². The first-order chi connectivity index (χ1) is 18.3. The number of hydrogen-bond donors (Lipinski definition) is 2. The number of ether oxygens (including phenoxy) is 3. The summed E-state index contributed by atoms with van der Waals surface area (Å²) in [6.07, 6.45) is 0.971. The highest BCUT2D eigenvalue weighted by Gasteiger charge is 2.15. The van der Waals surface area contributed by atoms with Gasteiger partial charge in [-0.25, -0.2) is 4.39 Å². The van der Waals surface area contributed by atoms with Crippen LogP contribution in [0.15, 0.2) is 48.5 Å². The number of carbonyl (C=O) groups is 1. The molecule has 3 aromatic rings. The number of anilines is 1. The highest BCUT2D eigenvalue weighted by molar-refractivity contribution is 5.85. The topological polar surface area (TPSA) is 77.0 Å². The molecule has 0 bridgehead atoms. The Morgan fingerprint density at radius 1 is 0.949 bits per heavy atom. The average molecular weight is 560 g/mol. The summed E-state index contributed by atoms with van der Waals surface area (Å²) in [7, 11) is 0. The first-order valence-electron chi connectivity index (χ1n) is 13.1. The quantitative estimate of drug-likeness (QED) is 0.189. The van der Waals surface area contributed by atoms with Crippen molar-refractivity contribution in [3.8, 4) is 22.6 Å². The predicted molar refractivity (Wildman–Crippen MR) is 156 cm³/mol. The van der Waals surface area contributed by atoms with Gasteiger partial charge in [-0.1, -0.05) is 19.1 Å². The van der Waals surface area contributed by atoms with Crippen LogP contribution in [-0.4, -0.2) is 37.5 Å². The zero-order chi connectivity index (χ0) is 27.5. The van der Waals surface area contributed by atoms with Crippen LogP contribution in [0.1, 0.15) is 48.9 Å². The van der Waals surface area contributed by atoms with Crippen molar-refractivity contribution in [2.45, 2.75) is 53.5 Å². The van der Waals surface area contributed by atoms with Crippen molar-refractivity contribution in [3.05, 3.63) is 76.6 Å². The van der Waals surface area contributed by atoms with Gasteiger partial charge in [0.25, 0.3) is 0 Å². The van der Waals surface area contributed by atoms with Gasteiger partial charge in [0, 0.05) is 30.8 Å². The molecule has 0 aromatic heterocycles. The number of carboxylic acid groups (broad SMARTS) is 1. The van der Waals surface area contributed by atoms with Crippen LogP contribution in [0.25, 0.3) is 11.1 Å². The first-order valence-corrected chi connectivity index (χ1v) is 13.1. The molecule has 3 rings (SSSR count). The molecule has 6 nitrogen and oxygen atoms in total. The van der Waals surface area contributed by atoms with Crippen molar-refractivity contribution >= 4 is 24.1 Å². The minimum absolute atomic E-state index is 0. The van der Waals surface area contributed by atoms with Crippen LogP contribution < -0.4 is 14.8 Å². The van der Waals surface area contributed by atoms with Crippen LogP contribution in [-0.2, 0) is 22.5 Å². The largest absolute Gasteiger partial charge is 0.493 e. The molecule has 0 amide bonds. The van der Waals surface area contributed by atoms with Gasteiger partial charge < -0.3 is 24.6 Å². The summed E-state index contributed by atoms with van der Waals surface area (Å²) < 4.78 is 31.8. The third-order valence-corrected chi connectivity index (χ3v) is 6.14. The molecule has 212 valence electrons. The lowest BCUT2D eigenvalue weighted by molar-refractivity contribution is -0.136. The smallest absolute Gasteiger partial charge is 0.303 e. The average Bonchev–Trinajstić information content (AvgIpc) is 2.88. The van der Waals surface area contributed by atoms with E-state index in [9.17, 15) is 9.18 Å². The first kappa shape index (κ1) is 31.9. The van der Waals surface area contributed by atoms with Gasteiger partial charge in [0.15, 0.2) is 0 Å². The Labute approximate surface area is 236 Å². The lowest BCUT2D eigenvalue weighted by Gasteiger charge is -2.18. The fraction of sp³-hybridized carbons (Fsp3) is 0.387. The molecule has 0 radical (unpaired) electrons. The second kappa shape index (κ2) is 16.0. The Hall–Kier alpha value is -3.29. The van der Waals surface area contributed by atoms with Gasteiger partial charge in [-0.05, 0) is 97.8 Å². The minimum atomic E-state index is -0.942. The van der Waals surface area contributed by atoms with E-state index in [1.54, 1.807) is 12.1 Å². The standard InChI is InChI=1S/C31H38FNO5.ClH/c1-5-13-38-29-11-7-23(20-33-25-10-8-24(28(32)19-25)9-12-30(34)35)18-27(29)31-21(3)16-26(17-22(31)4)37-15-14-36-6-2;/h7-8,10-11,16-19,33H,5-6,9,12-15,20H2,1-4H3,(H,34,35);1H. The summed E-state index contributed by atoms with van der Waals surface area (Å²) in [5.41, 5.74) is 6.33. The number of rotatable bonds is 15. The summed E-state index contributed by atoms with van der Waals surface area (Å²) in [5, 5.41) is 12.1. The lowest BCUT2D eigenvalue weighted by atomic mass is 9.93. The van der Waals surface area contributed by atoms with Gasteiger partial charge in [0.1, 0.15) is 23.9 Å². The van der Waals surface area contributed by atoms with Crippen molar-refractivity contribution in [2.24, 2.45) is 0 Å². The van der Waals surface area contributed by atoms with Gasteiger partial charge >= 0.3 is 5.97 Å². The third-order valence-electron chi connectivity index (χ3n) is 6.14. The van der Waals surface area contributed by atoms with Crippen LogP contribution in [0.2, 0.25) is 0 Å². The molecular formula is C31H39ClFNO5. The maximum Gasteiger partial charge on any atom is 0.303 e. The number of hydrogen-bond acceptors (Lipinski definition) is 5. The number of aliphatic carboxylic acids is 1. The monoisotopic (exact) mass is 559 g/mol. The Morgan fingerprint density at radius 2 is 1.69 bits per heavy atom. The van der Waals surface area contributed by atoms with E-state index in [1.165, 1.54) is 6.07 Å². The van der Waals surface area contributed by atoms with E-state index in [1.807, 2.05) is 31.2 Å². The van der Waals surface area contributed by atoms with E-state index >= 15 is 0 Å². The Bertz CT molecular complexity index is 1210. The lowest BCUT2D eigenvalue weighted by Crippen LogP contribution is -2.07. The molecule has 0 aliphatic heterocycles. The third kappa shape index (κ3) is 9.44. The second-order valence-corrected chi connectivity index (χ2v) is 9.21. The maximum absolute atomic E-state index is 14.5. The highest BCUT2D eigenvalue weighted by atomic mass is 35.5. The van der Waals surface area contributed by atoms with Crippen LogP contribution in [0.3, 0.4) is 0 Å². The molecular weight excluding hydrogens is 521 g/mol. The molecule has 3 aromatic carbocycles. The van der Waals surface area contributed by atoms with Crippen molar-refractivity contribution < 1.29 is 28.5 Å². The van der Waals surface area contributed by atoms with Gasteiger partial charge in [-0.15, -0.1) is 12.4 Å². The maximum atomic E-state index is 14.5. The number of benzene rings is 3. The van der Waals surface area contributed by atoms with Crippen LogP contribution in [0, 0.1) is 19.7 Å². The van der Waals surface area contributed by atoms with Crippen molar-refractivity contribution in [1.29, 1.82) is 0 Å². The molecule has 0 heterocycles. The molecule has 2 N–H and O–H groups in total. The molecule has 0 atom stereocenters. The highest BCUT2D eigenvalue weighted by Crippen LogP contribution is 2.38. The fourth-order valence-electron chi connectivity index (χ4n) is 4.32. The molecule has 0 aliphatic rings. The molecule has 0 unspecified atom stereocenters. The van der Waals surface area contributed by atoms with Crippen LogP contribution in [0.5, 0.6) is 11.5 Å². The number of aryl methyl sites for hydroxylation is 3. The van der Waals surface area contributed by atoms with Gasteiger partial charge in [-0.2, -0.15) is 0 Å². The molecule has 8 heteroatoms. The van der Waals surface area contributed by atoms with E-state index in [4.69, 9.17) is 19.3 Å². The van der Waals surface area contributed by atoms with E-state index in [2.05, 4.69) is 32.2 Å². The Kier molecular flexibility index (Phi) is 13.1. The molecule has 39 heavy (non-hydrogen) atoms. The van der Waals surface area contributed by atoms with Crippen molar-refractivity contribution in [1.82, 2.24) is 0 Å². The molecule has 0 fully saturated rings. The van der Waals surface area contributed by atoms with Crippen LogP contribution in [0.4, 0.5) is 10.1 Å². The number of nitrogens with one attached hydrogen (secondary N) is 1. The number of halogens is 2. The Balaban J connectivity index is 0.00000533. The zero-order valence-electron chi connectivity index (χ0n) is 23.1. The van der Waals surface area contributed by atoms with E-state index in [-0.39, 0.29) is 25.2 Å². The summed E-state index contributed by atoms with van der Waals surface area (Å²) in [6, 6.07) is 15.0. The Morgan fingerprint density at radius 3 is 2.33 bits per heavy atom. The normalized spacial score (nSPS) is 10.6.